The minimum Gasteiger partial charge on any atom is -0.239 e. The van der Waals surface area contributed by atoms with Gasteiger partial charge in [-0.1, -0.05) is 30.3 Å². The van der Waals surface area contributed by atoms with E-state index in [1.54, 1.807) is 16.9 Å². The summed E-state index contributed by atoms with van der Waals surface area (Å²) in [6.45, 7) is 0. The van der Waals surface area contributed by atoms with Crippen LogP contribution in [0.25, 0.3) is 16.8 Å². The number of rotatable bonds is 2. The number of nitrogens with zero attached hydrogens (tertiary/aromatic N) is 3. The lowest BCUT2D eigenvalue weighted by Gasteiger charge is -2.03. The molecule has 0 amide bonds. The molecule has 0 bridgehead atoms. The van der Waals surface area contributed by atoms with Crippen molar-refractivity contribution in [3.63, 3.8) is 0 Å². The van der Waals surface area contributed by atoms with Gasteiger partial charge >= 0.3 is 0 Å². The van der Waals surface area contributed by atoms with E-state index in [9.17, 15) is 4.39 Å². The first-order valence-corrected chi connectivity index (χ1v) is 6.08. The molecular weight excluding hydrogens is 253 g/mol. The summed E-state index contributed by atoms with van der Waals surface area (Å²) in [5.74, 6) is -0.430. The zero-order valence-corrected chi connectivity index (χ0v) is 10.5. The third-order valence-electron chi connectivity index (χ3n) is 3.02. The topological polar surface area (TPSA) is 41.6 Å². The molecule has 0 aliphatic carbocycles. The van der Waals surface area contributed by atoms with Gasteiger partial charge in [0.2, 0.25) is 0 Å². The number of hydrogen-bond donors (Lipinski definition) is 0. The molecule has 0 saturated carbocycles. The molecule has 0 atom stereocenters. The quantitative estimate of drug-likeness (QED) is 0.709. The fraction of sp³-hybridized carbons (Fsp3) is 0. The van der Waals surface area contributed by atoms with E-state index in [1.807, 2.05) is 42.6 Å². The van der Waals surface area contributed by atoms with Gasteiger partial charge in [0.15, 0.2) is 0 Å². The lowest BCUT2D eigenvalue weighted by atomic mass is 10.1. The summed E-state index contributed by atoms with van der Waals surface area (Å²) in [6.07, 6.45) is 3.54. The minimum absolute atomic E-state index is 0.257. The van der Waals surface area contributed by atoms with E-state index in [0.717, 1.165) is 11.1 Å². The van der Waals surface area contributed by atoms with Crippen molar-refractivity contribution in [3.05, 3.63) is 72.3 Å². The maximum absolute atomic E-state index is 13.1. The predicted octanol–water partition coefficient (Wildman–Crippen LogP) is 3.55. The monoisotopic (exact) mass is 263 g/mol. The average molecular weight is 263 g/mol. The first-order valence-electron chi connectivity index (χ1n) is 6.08. The molecule has 0 saturated heterocycles. The van der Waals surface area contributed by atoms with E-state index in [2.05, 4.69) is 5.10 Å². The van der Waals surface area contributed by atoms with Crippen LogP contribution in [0.2, 0.25) is 0 Å². The van der Waals surface area contributed by atoms with Crippen LogP contribution >= 0.6 is 0 Å². The molecule has 3 nitrogen and oxygen atoms in total. The second-order valence-corrected chi connectivity index (χ2v) is 4.31. The first-order chi connectivity index (χ1) is 9.78. The van der Waals surface area contributed by atoms with Gasteiger partial charge in [0.1, 0.15) is 11.9 Å². The van der Waals surface area contributed by atoms with Crippen molar-refractivity contribution in [1.82, 2.24) is 9.78 Å². The molecule has 2 aromatic carbocycles. The summed E-state index contributed by atoms with van der Waals surface area (Å²) in [4.78, 5) is 0. The van der Waals surface area contributed by atoms with Gasteiger partial charge in [-0.15, -0.1) is 0 Å². The molecule has 96 valence electrons. The van der Waals surface area contributed by atoms with Gasteiger partial charge in [-0.25, -0.2) is 9.07 Å². The number of benzene rings is 2. The van der Waals surface area contributed by atoms with E-state index >= 15 is 0 Å². The second kappa shape index (κ2) is 4.98. The summed E-state index contributed by atoms with van der Waals surface area (Å²) in [5, 5.41) is 13.3. The Morgan fingerprint density at radius 1 is 1.05 bits per heavy atom. The van der Waals surface area contributed by atoms with Gasteiger partial charge in [0.05, 0.1) is 17.4 Å². The average Bonchev–Trinajstić information content (AvgIpc) is 2.97. The molecule has 0 fully saturated rings. The van der Waals surface area contributed by atoms with E-state index in [1.165, 1.54) is 12.1 Å². The fourth-order valence-corrected chi connectivity index (χ4v) is 2.03. The van der Waals surface area contributed by atoms with E-state index in [-0.39, 0.29) is 5.56 Å². The van der Waals surface area contributed by atoms with Crippen LogP contribution in [0, 0.1) is 17.1 Å². The van der Waals surface area contributed by atoms with Crippen LogP contribution < -0.4 is 0 Å². The maximum atomic E-state index is 13.1. The molecule has 0 unspecified atom stereocenters. The Morgan fingerprint density at radius 2 is 1.85 bits per heavy atom. The van der Waals surface area contributed by atoms with Crippen molar-refractivity contribution in [3.8, 4) is 22.9 Å². The standard InChI is InChI=1S/C16H10FN3/c17-15-6-7-16(13(8-15)9-18)20-11-14(10-19-20)12-4-2-1-3-5-12/h1-8,10-11H. The van der Waals surface area contributed by atoms with Crippen LogP contribution in [0.3, 0.4) is 0 Å². The molecule has 1 aromatic heterocycles. The highest BCUT2D eigenvalue weighted by atomic mass is 19.1. The maximum Gasteiger partial charge on any atom is 0.124 e. The number of nitriles is 1. The van der Waals surface area contributed by atoms with Crippen LogP contribution in [0.4, 0.5) is 4.39 Å². The second-order valence-electron chi connectivity index (χ2n) is 4.31. The van der Waals surface area contributed by atoms with Crippen molar-refractivity contribution in [2.45, 2.75) is 0 Å². The van der Waals surface area contributed by atoms with Crippen molar-refractivity contribution in [1.29, 1.82) is 5.26 Å². The predicted molar refractivity (Wildman–Crippen MR) is 73.7 cm³/mol. The van der Waals surface area contributed by atoms with Crippen molar-refractivity contribution >= 4 is 0 Å². The summed E-state index contributed by atoms with van der Waals surface area (Å²) in [6, 6.07) is 15.9. The van der Waals surface area contributed by atoms with Crippen LogP contribution in [-0.2, 0) is 0 Å². The van der Waals surface area contributed by atoms with Crippen molar-refractivity contribution in [2.75, 3.05) is 0 Å². The van der Waals surface area contributed by atoms with Gasteiger partial charge in [-0.05, 0) is 23.8 Å². The van der Waals surface area contributed by atoms with Gasteiger partial charge < -0.3 is 0 Å². The van der Waals surface area contributed by atoms with Crippen LogP contribution in [0.5, 0.6) is 0 Å². The van der Waals surface area contributed by atoms with Crippen molar-refractivity contribution < 1.29 is 4.39 Å². The van der Waals surface area contributed by atoms with E-state index in [4.69, 9.17) is 5.26 Å². The Morgan fingerprint density at radius 3 is 2.60 bits per heavy atom. The third-order valence-corrected chi connectivity index (χ3v) is 3.02. The van der Waals surface area contributed by atoms with Gasteiger partial charge in [0, 0.05) is 11.8 Å². The minimum atomic E-state index is -0.430. The SMILES string of the molecule is N#Cc1cc(F)ccc1-n1cc(-c2ccccc2)cn1. The number of hydrogen-bond acceptors (Lipinski definition) is 2. The molecule has 0 aliphatic rings. The molecule has 4 heteroatoms. The van der Waals surface area contributed by atoms with Gasteiger partial charge in [-0.2, -0.15) is 10.4 Å². The Balaban J connectivity index is 2.05. The highest BCUT2D eigenvalue weighted by Crippen LogP contribution is 2.21. The highest BCUT2D eigenvalue weighted by molar-refractivity contribution is 5.62. The number of aromatic nitrogens is 2. The van der Waals surface area contributed by atoms with Gasteiger partial charge in [-0.3, -0.25) is 0 Å². The molecule has 0 radical (unpaired) electrons. The molecule has 3 rings (SSSR count). The summed E-state index contributed by atoms with van der Waals surface area (Å²) < 4.78 is 14.7. The third kappa shape index (κ3) is 2.17. The Kier molecular flexibility index (Phi) is 3.02. The smallest absolute Gasteiger partial charge is 0.124 e. The first kappa shape index (κ1) is 12.1. The van der Waals surface area contributed by atoms with Gasteiger partial charge in [0.25, 0.3) is 0 Å². The lowest BCUT2D eigenvalue weighted by molar-refractivity contribution is 0.626. The zero-order valence-electron chi connectivity index (χ0n) is 10.5. The van der Waals surface area contributed by atoms with Crippen molar-refractivity contribution in [2.24, 2.45) is 0 Å². The summed E-state index contributed by atoms with van der Waals surface area (Å²) in [5.41, 5.74) is 2.81. The lowest BCUT2D eigenvalue weighted by Crippen LogP contribution is -1.98. The molecular formula is C16H10FN3. The van der Waals surface area contributed by atoms with Crippen LogP contribution in [-0.4, -0.2) is 9.78 Å². The Labute approximate surface area is 115 Å². The van der Waals surface area contributed by atoms with Crippen LogP contribution in [0.1, 0.15) is 5.56 Å². The largest absolute Gasteiger partial charge is 0.239 e. The van der Waals surface area contributed by atoms with Crippen LogP contribution in [0.15, 0.2) is 60.9 Å². The molecule has 1 heterocycles. The molecule has 0 N–H and O–H groups in total. The fourth-order valence-electron chi connectivity index (χ4n) is 2.03. The number of halogens is 1. The molecule has 20 heavy (non-hydrogen) atoms. The normalized spacial score (nSPS) is 10.2. The van der Waals surface area contributed by atoms with E-state index < -0.39 is 5.82 Å². The Hall–Kier alpha value is -2.93. The summed E-state index contributed by atoms with van der Waals surface area (Å²) >= 11 is 0. The molecule has 0 spiro atoms. The summed E-state index contributed by atoms with van der Waals surface area (Å²) in [7, 11) is 0. The van der Waals surface area contributed by atoms with E-state index in [0.29, 0.717) is 5.69 Å². The highest BCUT2D eigenvalue weighted by Gasteiger charge is 2.08. The molecule has 0 aliphatic heterocycles. The molecule has 3 aromatic rings. The Bertz CT molecular complexity index is 785. The zero-order chi connectivity index (χ0) is 13.9.